The summed E-state index contributed by atoms with van der Waals surface area (Å²) in [5.41, 5.74) is 0.866. The Morgan fingerprint density at radius 3 is 2.19 bits per heavy atom. The maximum absolute atomic E-state index is 11.9. The van der Waals surface area contributed by atoms with Gasteiger partial charge in [-0.15, -0.1) is 0 Å². The molecule has 0 rings (SSSR count). The molecule has 90 valence electrons. The van der Waals surface area contributed by atoms with Crippen molar-refractivity contribution in [1.29, 1.82) is 5.26 Å². The van der Waals surface area contributed by atoms with Gasteiger partial charge in [0.05, 0.1) is 5.92 Å². The Morgan fingerprint density at radius 2 is 1.88 bits per heavy atom. The van der Waals surface area contributed by atoms with E-state index >= 15 is 0 Å². The van der Waals surface area contributed by atoms with Crippen molar-refractivity contribution in [2.24, 2.45) is 11.3 Å². The van der Waals surface area contributed by atoms with E-state index in [1.165, 1.54) is 0 Å². The first-order chi connectivity index (χ1) is 7.18. The lowest BCUT2D eigenvalue weighted by Crippen LogP contribution is -2.30. The zero-order chi connectivity index (χ0) is 12.9. The third-order valence-corrected chi connectivity index (χ3v) is 2.16. The monoisotopic (exact) mass is 223 g/mol. The van der Waals surface area contributed by atoms with Crippen molar-refractivity contribution >= 4 is 5.97 Å². The minimum absolute atomic E-state index is 0.205. The lowest BCUT2D eigenvalue weighted by atomic mass is 9.80. The molecule has 2 unspecified atom stereocenters. The Labute approximate surface area is 98.1 Å². The summed E-state index contributed by atoms with van der Waals surface area (Å²) in [6.07, 6.45) is 1.20. The van der Waals surface area contributed by atoms with E-state index < -0.39 is 6.10 Å². The molecule has 0 heterocycles. The Morgan fingerprint density at radius 1 is 1.38 bits per heavy atom. The van der Waals surface area contributed by atoms with E-state index in [2.05, 4.69) is 0 Å². The minimum Gasteiger partial charge on any atom is -0.447 e. The van der Waals surface area contributed by atoms with Crippen LogP contribution in [-0.2, 0) is 9.53 Å². The van der Waals surface area contributed by atoms with Crippen molar-refractivity contribution < 1.29 is 9.53 Å². The number of ether oxygens (including phenoxy) is 1. The molecule has 0 aliphatic carbocycles. The predicted octanol–water partition coefficient (Wildman–Crippen LogP) is 3.07. The van der Waals surface area contributed by atoms with Crippen molar-refractivity contribution in [2.75, 3.05) is 0 Å². The van der Waals surface area contributed by atoms with Crippen LogP contribution in [-0.4, -0.2) is 12.1 Å². The van der Waals surface area contributed by atoms with Gasteiger partial charge in [0.1, 0.15) is 6.07 Å². The van der Waals surface area contributed by atoms with E-state index in [4.69, 9.17) is 10.00 Å². The molecule has 0 N–H and O–H groups in total. The molecule has 0 aromatic heterocycles. The molecule has 3 nitrogen and oxygen atoms in total. The first kappa shape index (κ1) is 14.7. The fraction of sp³-hybridized carbons (Fsp3) is 0.692. The quantitative estimate of drug-likeness (QED) is 0.545. The van der Waals surface area contributed by atoms with Gasteiger partial charge in [-0.25, -0.2) is 0 Å². The summed E-state index contributed by atoms with van der Waals surface area (Å²) in [5, 5.41) is 8.61. The molecule has 0 bridgehead atoms. The van der Waals surface area contributed by atoms with Gasteiger partial charge in [0, 0.05) is 0 Å². The number of hydrogen-bond acceptors (Lipinski definition) is 3. The standard InChI is InChI=1S/C13H21NO2/c1-9(2)7-11(13(4,5)6)12(15)16-10(3)8-14/h7,10-11H,1-6H3. The number of esters is 1. The highest BCUT2D eigenvalue weighted by molar-refractivity contribution is 5.75. The smallest absolute Gasteiger partial charge is 0.314 e. The van der Waals surface area contributed by atoms with E-state index in [-0.39, 0.29) is 17.3 Å². The molecule has 0 aliphatic rings. The predicted molar refractivity (Wildman–Crippen MR) is 63.5 cm³/mol. The molecule has 0 aromatic carbocycles. The summed E-state index contributed by atoms with van der Waals surface area (Å²) >= 11 is 0. The van der Waals surface area contributed by atoms with Crippen LogP contribution in [0.2, 0.25) is 0 Å². The lowest BCUT2D eigenvalue weighted by Gasteiger charge is -2.27. The van der Waals surface area contributed by atoms with Crippen molar-refractivity contribution in [3.05, 3.63) is 11.6 Å². The summed E-state index contributed by atoms with van der Waals surface area (Å²) < 4.78 is 5.04. The van der Waals surface area contributed by atoms with E-state index in [1.54, 1.807) is 6.92 Å². The number of carbonyl (C=O) groups is 1. The van der Waals surface area contributed by atoms with Crippen LogP contribution in [0.5, 0.6) is 0 Å². The third kappa shape index (κ3) is 4.97. The zero-order valence-corrected chi connectivity index (χ0v) is 11.0. The van der Waals surface area contributed by atoms with E-state index in [1.807, 2.05) is 46.8 Å². The molecule has 2 atom stereocenters. The van der Waals surface area contributed by atoms with Crippen LogP contribution in [0.15, 0.2) is 11.6 Å². The summed E-state index contributed by atoms with van der Waals surface area (Å²) in [6.45, 7) is 11.4. The van der Waals surface area contributed by atoms with Crippen molar-refractivity contribution in [3.63, 3.8) is 0 Å². The number of nitriles is 1. The summed E-state index contributed by atoms with van der Waals surface area (Å²) in [4.78, 5) is 11.9. The second-order valence-corrected chi connectivity index (χ2v) is 5.30. The highest BCUT2D eigenvalue weighted by Crippen LogP contribution is 2.29. The number of nitrogens with zero attached hydrogens (tertiary/aromatic N) is 1. The highest BCUT2D eigenvalue weighted by atomic mass is 16.5. The summed E-state index contributed by atoms with van der Waals surface area (Å²) in [5.74, 6) is -0.643. The average Bonchev–Trinajstić information content (AvgIpc) is 2.11. The van der Waals surface area contributed by atoms with E-state index in [9.17, 15) is 4.79 Å². The third-order valence-electron chi connectivity index (χ3n) is 2.16. The molecule has 0 amide bonds. The number of hydrogen-bond donors (Lipinski definition) is 0. The highest BCUT2D eigenvalue weighted by Gasteiger charge is 2.31. The van der Waals surface area contributed by atoms with Crippen LogP contribution in [0, 0.1) is 22.7 Å². The molecule has 0 saturated heterocycles. The first-order valence-electron chi connectivity index (χ1n) is 5.43. The molecule has 0 fully saturated rings. The van der Waals surface area contributed by atoms with Gasteiger partial charge in [-0.1, -0.05) is 32.4 Å². The normalized spacial score (nSPS) is 14.6. The van der Waals surface area contributed by atoms with Crippen LogP contribution in [0.25, 0.3) is 0 Å². The fourth-order valence-corrected chi connectivity index (χ4v) is 1.28. The van der Waals surface area contributed by atoms with E-state index in [0.29, 0.717) is 0 Å². The first-order valence-corrected chi connectivity index (χ1v) is 5.43. The van der Waals surface area contributed by atoms with Crippen LogP contribution in [0.1, 0.15) is 41.5 Å². The Hall–Kier alpha value is -1.30. The molecule has 0 spiro atoms. The van der Waals surface area contributed by atoms with Gasteiger partial charge in [-0.2, -0.15) is 5.26 Å². The van der Waals surface area contributed by atoms with Gasteiger partial charge >= 0.3 is 5.97 Å². The van der Waals surface area contributed by atoms with Crippen LogP contribution in [0.3, 0.4) is 0 Å². The van der Waals surface area contributed by atoms with E-state index in [0.717, 1.165) is 5.57 Å². The van der Waals surface area contributed by atoms with Crippen molar-refractivity contribution in [3.8, 4) is 6.07 Å². The second-order valence-electron chi connectivity index (χ2n) is 5.30. The number of allylic oxidation sites excluding steroid dienone is 1. The molecule has 0 radical (unpaired) electrons. The summed E-state index contributed by atoms with van der Waals surface area (Å²) in [6, 6.07) is 1.89. The van der Waals surface area contributed by atoms with Gasteiger partial charge in [0.25, 0.3) is 0 Å². The Kier molecular flexibility index (Phi) is 5.23. The SMILES string of the molecule is CC(C)=CC(C(=O)OC(C)C#N)C(C)(C)C. The van der Waals surface area contributed by atoms with Gasteiger partial charge in [0.15, 0.2) is 6.10 Å². The van der Waals surface area contributed by atoms with Crippen molar-refractivity contribution in [1.82, 2.24) is 0 Å². The van der Waals surface area contributed by atoms with Crippen LogP contribution >= 0.6 is 0 Å². The molecule has 0 saturated carbocycles. The number of rotatable bonds is 3. The van der Waals surface area contributed by atoms with Crippen LogP contribution < -0.4 is 0 Å². The molecule has 3 heteroatoms. The van der Waals surface area contributed by atoms with Gasteiger partial charge in [-0.3, -0.25) is 4.79 Å². The Bertz CT molecular complexity index is 314. The largest absolute Gasteiger partial charge is 0.447 e. The molecule has 16 heavy (non-hydrogen) atoms. The fourth-order valence-electron chi connectivity index (χ4n) is 1.28. The number of carbonyl (C=O) groups excluding carboxylic acids is 1. The minimum atomic E-state index is -0.692. The van der Waals surface area contributed by atoms with Gasteiger partial charge in [0.2, 0.25) is 0 Å². The average molecular weight is 223 g/mol. The maximum Gasteiger partial charge on any atom is 0.314 e. The van der Waals surface area contributed by atoms with Crippen molar-refractivity contribution in [2.45, 2.75) is 47.6 Å². The molecular formula is C13H21NO2. The summed E-state index contributed by atoms with van der Waals surface area (Å²) in [7, 11) is 0. The molecule has 0 aliphatic heterocycles. The lowest BCUT2D eigenvalue weighted by molar-refractivity contribution is -0.152. The second kappa shape index (κ2) is 5.69. The van der Waals surface area contributed by atoms with Crippen LogP contribution in [0.4, 0.5) is 0 Å². The Balaban J connectivity index is 4.87. The molecule has 0 aromatic rings. The van der Waals surface area contributed by atoms with Gasteiger partial charge < -0.3 is 4.74 Å². The topological polar surface area (TPSA) is 50.1 Å². The van der Waals surface area contributed by atoms with Gasteiger partial charge in [-0.05, 0) is 26.2 Å². The maximum atomic E-state index is 11.9. The zero-order valence-electron chi connectivity index (χ0n) is 11.0. The molecular weight excluding hydrogens is 202 g/mol.